The molecule has 0 aliphatic carbocycles. The minimum absolute atomic E-state index is 0.100. The zero-order chi connectivity index (χ0) is 23.2. The zero-order valence-corrected chi connectivity index (χ0v) is 18.8. The molecule has 5 nitrogen and oxygen atoms in total. The third-order valence-electron chi connectivity index (χ3n) is 5.83. The van der Waals surface area contributed by atoms with E-state index < -0.39 is 6.04 Å². The highest BCUT2D eigenvalue weighted by Gasteiger charge is 2.28. The van der Waals surface area contributed by atoms with Gasteiger partial charge in [-0.3, -0.25) is 9.69 Å². The van der Waals surface area contributed by atoms with Crippen molar-refractivity contribution in [3.63, 3.8) is 0 Å². The second-order valence-electron chi connectivity index (χ2n) is 8.25. The number of benzene rings is 4. The number of nitrogens with zero attached hydrogens (tertiary/aromatic N) is 1. The molecule has 1 N–H and O–H groups in total. The molecule has 0 radical (unpaired) electrons. The highest BCUT2D eigenvalue weighted by molar-refractivity contribution is 5.95. The van der Waals surface area contributed by atoms with E-state index in [-0.39, 0.29) is 12.7 Å². The molecule has 0 spiro atoms. The van der Waals surface area contributed by atoms with Crippen molar-refractivity contribution >= 4 is 11.6 Å². The third-order valence-corrected chi connectivity index (χ3v) is 5.83. The molecule has 1 aliphatic rings. The summed E-state index contributed by atoms with van der Waals surface area (Å²) in [5.41, 5.74) is 3.91. The second kappa shape index (κ2) is 10.2. The number of carbonyl (C=O) groups is 1. The van der Waals surface area contributed by atoms with Crippen molar-refractivity contribution < 1.29 is 14.3 Å². The van der Waals surface area contributed by atoms with E-state index in [0.717, 1.165) is 16.7 Å². The number of hydrogen-bond donors (Lipinski definition) is 1. The van der Waals surface area contributed by atoms with E-state index >= 15 is 0 Å². The lowest BCUT2D eigenvalue weighted by Crippen LogP contribution is -2.36. The molecule has 1 heterocycles. The summed E-state index contributed by atoms with van der Waals surface area (Å²) < 4.78 is 10.9. The maximum Gasteiger partial charge on any atom is 0.246 e. The van der Waals surface area contributed by atoms with Crippen molar-refractivity contribution in [3.05, 3.63) is 126 Å². The molecule has 1 aliphatic heterocycles. The molecule has 0 unspecified atom stereocenters. The van der Waals surface area contributed by atoms with Crippen molar-refractivity contribution in [1.82, 2.24) is 4.90 Å². The van der Waals surface area contributed by atoms with E-state index in [1.54, 1.807) is 6.07 Å². The number of carbonyl (C=O) groups excluding carboxylic acids is 1. The SMILES string of the molecule is O=C(Nc1ccc2c(c1)OCO2)[C@@H](c1ccccc1)N(Cc1ccccc1)Cc1ccccc1. The van der Waals surface area contributed by atoms with Crippen molar-refractivity contribution in [3.8, 4) is 11.5 Å². The third kappa shape index (κ3) is 5.11. The van der Waals surface area contributed by atoms with Gasteiger partial charge in [-0.2, -0.15) is 0 Å². The summed E-state index contributed by atoms with van der Waals surface area (Å²) in [6.07, 6.45) is 0. The first-order valence-corrected chi connectivity index (χ1v) is 11.3. The van der Waals surface area contributed by atoms with Gasteiger partial charge >= 0.3 is 0 Å². The Morgan fingerprint density at radius 1 is 0.735 bits per heavy atom. The number of nitrogens with one attached hydrogen (secondary N) is 1. The largest absolute Gasteiger partial charge is 0.454 e. The average molecular weight is 451 g/mol. The predicted molar refractivity (Wildman–Crippen MR) is 133 cm³/mol. The van der Waals surface area contributed by atoms with Crippen LogP contribution in [-0.2, 0) is 17.9 Å². The smallest absolute Gasteiger partial charge is 0.246 e. The van der Waals surface area contributed by atoms with Crippen LogP contribution in [0.4, 0.5) is 5.69 Å². The lowest BCUT2D eigenvalue weighted by atomic mass is 10.0. The second-order valence-corrected chi connectivity index (χ2v) is 8.25. The monoisotopic (exact) mass is 450 g/mol. The maximum atomic E-state index is 13.8. The Morgan fingerprint density at radius 3 is 1.91 bits per heavy atom. The van der Waals surface area contributed by atoms with E-state index in [0.29, 0.717) is 30.3 Å². The van der Waals surface area contributed by atoms with E-state index in [1.807, 2.05) is 78.9 Å². The first-order valence-electron chi connectivity index (χ1n) is 11.3. The average Bonchev–Trinajstić information content (AvgIpc) is 3.34. The molecule has 4 aromatic carbocycles. The van der Waals surface area contributed by atoms with Gasteiger partial charge < -0.3 is 14.8 Å². The van der Waals surface area contributed by atoms with Crippen LogP contribution in [0.3, 0.4) is 0 Å². The molecular formula is C29H26N2O3. The molecular weight excluding hydrogens is 424 g/mol. The summed E-state index contributed by atoms with van der Waals surface area (Å²) in [6, 6.07) is 35.4. The summed E-state index contributed by atoms with van der Waals surface area (Å²) in [7, 11) is 0. The highest BCUT2D eigenvalue weighted by Crippen LogP contribution is 2.35. The molecule has 4 aromatic rings. The zero-order valence-electron chi connectivity index (χ0n) is 18.8. The van der Waals surface area contributed by atoms with Crippen molar-refractivity contribution in [2.75, 3.05) is 12.1 Å². The maximum absolute atomic E-state index is 13.8. The Balaban J connectivity index is 1.48. The molecule has 34 heavy (non-hydrogen) atoms. The lowest BCUT2D eigenvalue weighted by Gasteiger charge is -2.31. The lowest BCUT2D eigenvalue weighted by molar-refractivity contribution is -0.122. The number of fused-ring (bicyclic) bond motifs is 1. The molecule has 1 amide bonds. The van der Waals surface area contributed by atoms with Crippen molar-refractivity contribution in [2.45, 2.75) is 19.1 Å². The Hall–Kier alpha value is -4.09. The van der Waals surface area contributed by atoms with Gasteiger partial charge in [0.25, 0.3) is 0 Å². The summed E-state index contributed by atoms with van der Waals surface area (Å²) >= 11 is 0. The molecule has 0 saturated heterocycles. The Kier molecular flexibility index (Phi) is 6.54. The molecule has 5 heteroatoms. The van der Waals surface area contributed by atoms with Crippen LogP contribution in [-0.4, -0.2) is 17.6 Å². The van der Waals surface area contributed by atoms with Crippen molar-refractivity contribution in [1.29, 1.82) is 0 Å². The van der Waals surface area contributed by atoms with Crippen LogP contribution in [0.5, 0.6) is 11.5 Å². The summed E-state index contributed by atoms with van der Waals surface area (Å²) in [5, 5.41) is 3.11. The fourth-order valence-electron chi connectivity index (χ4n) is 4.22. The van der Waals surface area contributed by atoms with Gasteiger partial charge in [-0.05, 0) is 28.8 Å². The van der Waals surface area contributed by atoms with Gasteiger partial charge in [0.2, 0.25) is 12.7 Å². The van der Waals surface area contributed by atoms with Gasteiger partial charge in [0, 0.05) is 24.8 Å². The molecule has 170 valence electrons. The van der Waals surface area contributed by atoms with Gasteiger partial charge in [-0.25, -0.2) is 0 Å². The van der Waals surface area contributed by atoms with Gasteiger partial charge in [0.1, 0.15) is 6.04 Å². The highest BCUT2D eigenvalue weighted by atomic mass is 16.7. The van der Waals surface area contributed by atoms with Crippen LogP contribution in [0, 0.1) is 0 Å². The van der Waals surface area contributed by atoms with Crippen LogP contribution >= 0.6 is 0 Å². The minimum Gasteiger partial charge on any atom is -0.454 e. The number of ether oxygens (including phenoxy) is 2. The normalized spacial score (nSPS) is 13.0. The first-order chi connectivity index (χ1) is 16.8. The predicted octanol–water partition coefficient (Wildman–Crippen LogP) is 5.80. The van der Waals surface area contributed by atoms with Crippen LogP contribution in [0.2, 0.25) is 0 Å². The first kappa shape index (κ1) is 21.7. The van der Waals surface area contributed by atoms with Crippen LogP contribution in [0.25, 0.3) is 0 Å². The van der Waals surface area contributed by atoms with Gasteiger partial charge in [0.15, 0.2) is 11.5 Å². The minimum atomic E-state index is -0.493. The molecule has 0 fully saturated rings. The Morgan fingerprint density at radius 2 is 1.29 bits per heavy atom. The fourth-order valence-corrected chi connectivity index (χ4v) is 4.22. The number of rotatable bonds is 8. The van der Waals surface area contributed by atoms with Gasteiger partial charge in [-0.1, -0.05) is 91.0 Å². The summed E-state index contributed by atoms with van der Waals surface area (Å²) in [6.45, 7) is 1.45. The molecule has 0 bridgehead atoms. The quantitative estimate of drug-likeness (QED) is 0.369. The van der Waals surface area contributed by atoms with E-state index in [9.17, 15) is 4.79 Å². The number of anilines is 1. The van der Waals surface area contributed by atoms with Crippen LogP contribution in [0.15, 0.2) is 109 Å². The van der Waals surface area contributed by atoms with Crippen molar-refractivity contribution in [2.24, 2.45) is 0 Å². The fraction of sp³-hybridized carbons (Fsp3) is 0.138. The summed E-state index contributed by atoms with van der Waals surface area (Å²) in [4.78, 5) is 16.0. The van der Waals surface area contributed by atoms with E-state index in [4.69, 9.17) is 9.47 Å². The van der Waals surface area contributed by atoms with E-state index in [2.05, 4.69) is 34.5 Å². The molecule has 0 saturated carbocycles. The molecule has 5 rings (SSSR count). The number of hydrogen-bond acceptors (Lipinski definition) is 4. The van der Waals surface area contributed by atoms with E-state index in [1.165, 1.54) is 0 Å². The molecule has 0 aromatic heterocycles. The Labute approximate surface area is 199 Å². The van der Waals surface area contributed by atoms with Crippen LogP contribution in [0.1, 0.15) is 22.7 Å². The Bertz CT molecular complexity index is 1190. The standard InChI is InChI=1S/C29H26N2O3/c32-29(30-25-16-17-26-27(18-25)34-21-33-26)28(24-14-8-3-9-15-24)31(19-22-10-4-1-5-11-22)20-23-12-6-2-7-13-23/h1-18,28H,19-21H2,(H,30,32)/t28-/m1/s1. The van der Waals surface area contributed by atoms with Crippen LogP contribution < -0.4 is 14.8 Å². The topological polar surface area (TPSA) is 50.8 Å². The number of amides is 1. The molecule has 1 atom stereocenters. The van der Waals surface area contributed by atoms with Gasteiger partial charge in [-0.15, -0.1) is 0 Å². The summed E-state index contributed by atoms with van der Waals surface area (Å²) in [5.74, 6) is 1.23. The van der Waals surface area contributed by atoms with Gasteiger partial charge in [0.05, 0.1) is 0 Å².